The maximum atomic E-state index is 5.53. The summed E-state index contributed by atoms with van der Waals surface area (Å²) in [7, 11) is 1.75. The van der Waals surface area contributed by atoms with E-state index < -0.39 is 0 Å². The van der Waals surface area contributed by atoms with Crippen molar-refractivity contribution >= 4 is 15.9 Å². The fourth-order valence-corrected chi connectivity index (χ4v) is 2.85. The fourth-order valence-electron chi connectivity index (χ4n) is 2.44. The molecule has 0 saturated heterocycles. The first kappa shape index (κ1) is 18.5. The normalized spacial score (nSPS) is 14.5. The molecule has 1 aromatic carbocycles. The van der Waals surface area contributed by atoms with Crippen molar-refractivity contribution in [1.82, 2.24) is 5.32 Å². The molecule has 0 amide bonds. The van der Waals surface area contributed by atoms with Gasteiger partial charge in [-0.05, 0) is 54.0 Å². The van der Waals surface area contributed by atoms with E-state index in [4.69, 9.17) is 4.74 Å². The van der Waals surface area contributed by atoms with Crippen LogP contribution in [0.1, 0.15) is 40.2 Å². The fraction of sp³-hybridized carbons (Fsp3) is 0.667. The zero-order valence-corrected chi connectivity index (χ0v) is 15.9. The number of hydrogen-bond donors (Lipinski definition) is 1. The highest BCUT2D eigenvalue weighted by Crippen LogP contribution is 2.35. The van der Waals surface area contributed by atoms with Gasteiger partial charge in [-0.15, -0.1) is 0 Å². The highest BCUT2D eigenvalue weighted by atomic mass is 79.9. The number of methoxy groups -OCH3 is 1. The summed E-state index contributed by atoms with van der Waals surface area (Å²) in [6.07, 6.45) is 1.01. The third-order valence-corrected chi connectivity index (χ3v) is 4.81. The van der Waals surface area contributed by atoms with Crippen LogP contribution in [0.3, 0.4) is 0 Å². The van der Waals surface area contributed by atoms with Gasteiger partial charge in [0.1, 0.15) is 5.75 Å². The molecule has 0 saturated carbocycles. The van der Waals surface area contributed by atoms with Crippen LogP contribution in [-0.2, 0) is 6.42 Å². The molecule has 2 nitrogen and oxygen atoms in total. The summed E-state index contributed by atoms with van der Waals surface area (Å²) in [6.45, 7) is 13.6. The second kappa shape index (κ2) is 8.19. The number of ether oxygens (including phenoxy) is 1. The Morgan fingerprint density at radius 3 is 2.43 bits per heavy atom. The zero-order valence-electron chi connectivity index (χ0n) is 14.3. The number of halogens is 1. The maximum Gasteiger partial charge on any atom is 0.122 e. The predicted octanol–water partition coefficient (Wildman–Crippen LogP) is 4.91. The van der Waals surface area contributed by atoms with Crippen molar-refractivity contribution < 1.29 is 4.74 Å². The Morgan fingerprint density at radius 1 is 1.24 bits per heavy atom. The van der Waals surface area contributed by atoms with Crippen molar-refractivity contribution in [2.75, 3.05) is 20.2 Å². The summed E-state index contributed by atoms with van der Waals surface area (Å²) < 4.78 is 6.64. The lowest BCUT2D eigenvalue weighted by molar-refractivity contribution is 0.203. The number of rotatable bonds is 8. The molecule has 0 aliphatic heterocycles. The minimum Gasteiger partial charge on any atom is -0.496 e. The van der Waals surface area contributed by atoms with Gasteiger partial charge < -0.3 is 10.1 Å². The van der Waals surface area contributed by atoms with Crippen LogP contribution in [0.5, 0.6) is 5.75 Å². The average Bonchev–Trinajstić information content (AvgIpc) is 2.38. The lowest BCUT2D eigenvalue weighted by Crippen LogP contribution is -2.39. The molecule has 21 heavy (non-hydrogen) atoms. The van der Waals surface area contributed by atoms with Crippen LogP contribution in [0.4, 0.5) is 0 Å². The molecule has 0 bridgehead atoms. The van der Waals surface area contributed by atoms with Crippen molar-refractivity contribution in [3.05, 3.63) is 28.2 Å². The molecule has 0 spiro atoms. The Morgan fingerprint density at radius 2 is 1.90 bits per heavy atom. The molecule has 1 rings (SSSR count). The minimum absolute atomic E-state index is 0.211. The van der Waals surface area contributed by atoms with E-state index in [1.807, 2.05) is 12.1 Å². The third-order valence-electron chi connectivity index (χ3n) is 4.31. The van der Waals surface area contributed by atoms with E-state index in [0.717, 1.165) is 29.7 Å². The summed E-state index contributed by atoms with van der Waals surface area (Å²) in [5, 5.41) is 3.63. The van der Waals surface area contributed by atoms with Gasteiger partial charge in [0.15, 0.2) is 0 Å². The maximum absolute atomic E-state index is 5.53. The van der Waals surface area contributed by atoms with E-state index in [0.29, 0.717) is 11.8 Å². The monoisotopic (exact) mass is 355 g/mol. The molecule has 0 aliphatic carbocycles. The predicted molar refractivity (Wildman–Crippen MR) is 95.1 cm³/mol. The van der Waals surface area contributed by atoms with E-state index in [1.54, 1.807) is 7.11 Å². The van der Waals surface area contributed by atoms with Gasteiger partial charge in [0.05, 0.1) is 7.11 Å². The van der Waals surface area contributed by atoms with Gasteiger partial charge in [-0.25, -0.2) is 0 Å². The van der Waals surface area contributed by atoms with E-state index >= 15 is 0 Å². The van der Waals surface area contributed by atoms with Crippen molar-refractivity contribution in [3.8, 4) is 5.75 Å². The highest BCUT2D eigenvalue weighted by molar-refractivity contribution is 9.10. The Hall–Kier alpha value is -0.540. The van der Waals surface area contributed by atoms with E-state index in [9.17, 15) is 0 Å². The zero-order chi connectivity index (χ0) is 16.0. The number of nitrogens with one attached hydrogen (secondary N) is 1. The molecular formula is C18H30BrNO. The second-order valence-electron chi connectivity index (χ2n) is 6.97. The molecule has 0 heterocycles. The molecular weight excluding hydrogens is 326 g/mol. The summed E-state index contributed by atoms with van der Waals surface area (Å²) in [6, 6.07) is 6.26. The lowest BCUT2D eigenvalue weighted by atomic mass is 9.74. The van der Waals surface area contributed by atoms with Crippen LogP contribution >= 0.6 is 15.9 Å². The number of hydrogen-bond acceptors (Lipinski definition) is 2. The quantitative estimate of drug-likeness (QED) is 0.715. The Balaban J connectivity index is 2.89. The third kappa shape index (κ3) is 5.63. The first-order valence-corrected chi connectivity index (χ1v) is 8.61. The van der Waals surface area contributed by atoms with E-state index in [1.165, 1.54) is 5.56 Å². The molecule has 120 valence electrons. The second-order valence-corrected chi connectivity index (χ2v) is 7.88. The topological polar surface area (TPSA) is 21.3 Å². The standard InChI is InChI=1S/C18H30BrNO/c1-13(2)11-20-12-18(5,14(3)4)10-15-9-16(19)7-8-17(15)21-6/h7-9,13-14,20H,10-12H2,1-6H3. The number of benzene rings is 1. The van der Waals surface area contributed by atoms with Crippen LogP contribution in [0.2, 0.25) is 0 Å². The minimum atomic E-state index is 0.211. The van der Waals surface area contributed by atoms with Crippen LogP contribution in [0, 0.1) is 17.3 Å². The SMILES string of the molecule is COc1ccc(Br)cc1CC(C)(CNCC(C)C)C(C)C. The molecule has 1 atom stereocenters. The first-order valence-electron chi connectivity index (χ1n) is 7.81. The van der Waals surface area contributed by atoms with Crippen LogP contribution in [0.15, 0.2) is 22.7 Å². The van der Waals surface area contributed by atoms with Crippen molar-refractivity contribution in [1.29, 1.82) is 0 Å². The lowest BCUT2D eigenvalue weighted by Gasteiger charge is -2.35. The van der Waals surface area contributed by atoms with Crippen LogP contribution in [-0.4, -0.2) is 20.2 Å². The molecule has 1 unspecified atom stereocenters. The summed E-state index contributed by atoms with van der Waals surface area (Å²) in [5.41, 5.74) is 1.48. The average molecular weight is 356 g/mol. The van der Waals surface area contributed by atoms with Crippen LogP contribution in [0.25, 0.3) is 0 Å². The largest absolute Gasteiger partial charge is 0.496 e. The Kier molecular flexibility index (Phi) is 7.22. The molecule has 0 fully saturated rings. The molecule has 3 heteroatoms. The smallest absolute Gasteiger partial charge is 0.122 e. The Labute approximate surface area is 138 Å². The van der Waals surface area contributed by atoms with E-state index in [2.05, 4.69) is 61.9 Å². The van der Waals surface area contributed by atoms with Crippen molar-refractivity contribution in [2.45, 2.75) is 41.0 Å². The van der Waals surface area contributed by atoms with Gasteiger partial charge in [-0.1, -0.05) is 50.5 Å². The van der Waals surface area contributed by atoms with E-state index in [-0.39, 0.29) is 5.41 Å². The summed E-state index contributed by atoms with van der Waals surface area (Å²) >= 11 is 3.57. The van der Waals surface area contributed by atoms with Gasteiger partial charge in [0.2, 0.25) is 0 Å². The van der Waals surface area contributed by atoms with Gasteiger partial charge in [0.25, 0.3) is 0 Å². The Bertz CT molecular complexity index is 445. The first-order chi connectivity index (χ1) is 9.78. The molecule has 0 radical (unpaired) electrons. The van der Waals surface area contributed by atoms with Gasteiger partial charge in [-0.3, -0.25) is 0 Å². The molecule has 1 N–H and O–H groups in total. The highest BCUT2D eigenvalue weighted by Gasteiger charge is 2.29. The van der Waals surface area contributed by atoms with Crippen LogP contribution < -0.4 is 10.1 Å². The molecule has 0 aliphatic rings. The van der Waals surface area contributed by atoms with Gasteiger partial charge in [0, 0.05) is 11.0 Å². The summed E-state index contributed by atoms with van der Waals surface area (Å²) in [5.74, 6) is 2.26. The van der Waals surface area contributed by atoms with Crippen molar-refractivity contribution in [3.63, 3.8) is 0 Å². The molecule has 0 aromatic heterocycles. The van der Waals surface area contributed by atoms with Gasteiger partial charge in [-0.2, -0.15) is 0 Å². The summed E-state index contributed by atoms with van der Waals surface area (Å²) in [4.78, 5) is 0. The molecule has 1 aromatic rings. The van der Waals surface area contributed by atoms with Crippen molar-refractivity contribution in [2.24, 2.45) is 17.3 Å². The van der Waals surface area contributed by atoms with Gasteiger partial charge >= 0.3 is 0 Å².